The molecule has 4 nitrogen and oxygen atoms in total. The van der Waals surface area contributed by atoms with Gasteiger partial charge in [-0.25, -0.2) is 4.79 Å². The van der Waals surface area contributed by atoms with Gasteiger partial charge in [0, 0.05) is 10.6 Å². The predicted molar refractivity (Wildman–Crippen MR) is 82.8 cm³/mol. The van der Waals surface area contributed by atoms with Crippen molar-refractivity contribution < 1.29 is 14.7 Å². The van der Waals surface area contributed by atoms with Crippen LogP contribution in [0.4, 0.5) is 0 Å². The van der Waals surface area contributed by atoms with Gasteiger partial charge in [0.1, 0.15) is 5.54 Å². The van der Waals surface area contributed by atoms with Gasteiger partial charge in [-0.15, -0.1) is 11.3 Å². The van der Waals surface area contributed by atoms with Crippen LogP contribution in [-0.4, -0.2) is 34.0 Å². The van der Waals surface area contributed by atoms with E-state index < -0.39 is 11.5 Å². The molecule has 6 heteroatoms. The standard InChI is InChI=1S/C14H19NO3S2/c1-3-4-10-7-11(20-9(10)2)12(16)15-14(13(17)18)5-6-19-8-14/h7H,3-6,8H2,1-2H3,(H,15,16)(H,17,18). The molecule has 1 aliphatic rings. The minimum absolute atomic E-state index is 0.259. The summed E-state index contributed by atoms with van der Waals surface area (Å²) in [6.07, 6.45) is 2.48. The summed E-state index contributed by atoms with van der Waals surface area (Å²) in [5.41, 5.74) is 0.0951. The SMILES string of the molecule is CCCc1cc(C(=O)NC2(C(=O)O)CCSC2)sc1C. The Balaban J connectivity index is 2.15. The van der Waals surface area contributed by atoms with Gasteiger partial charge in [0.15, 0.2) is 0 Å². The van der Waals surface area contributed by atoms with E-state index in [0.717, 1.165) is 23.5 Å². The van der Waals surface area contributed by atoms with Crippen LogP contribution in [0.2, 0.25) is 0 Å². The monoisotopic (exact) mass is 313 g/mol. The van der Waals surface area contributed by atoms with E-state index in [1.165, 1.54) is 16.9 Å². The van der Waals surface area contributed by atoms with Crippen molar-refractivity contribution in [3.05, 3.63) is 21.4 Å². The minimum Gasteiger partial charge on any atom is -0.479 e. The van der Waals surface area contributed by atoms with Crippen LogP contribution in [0.5, 0.6) is 0 Å². The van der Waals surface area contributed by atoms with Crippen LogP contribution < -0.4 is 5.32 Å². The molecule has 0 aliphatic carbocycles. The first-order valence-corrected chi connectivity index (χ1v) is 8.68. The number of aliphatic carboxylic acids is 1. The summed E-state index contributed by atoms with van der Waals surface area (Å²) in [5.74, 6) is 0.0282. The third-order valence-corrected chi connectivity index (χ3v) is 5.83. The van der Waals surface area contributed by atoms with Crippen LogP contribution in [0.1, 0.15) is 39.9 Å². The maximum atomic E-state index is 12.3. The Morgan fingerprint density at radius 2 is 2.25 bits per heavy atom. The average Bonchev–Trinajstić information content (AvgIpc) is 2.99. The maximum Gasteiger partial charge on any atom is 0.330 e. The van der Waals surface area contributed by atoms with Crippen molar-refractivity contribution in [2.24, 2.45) is 0 Å². The van der Waals surface area contributed by atoms with Gasteiger partial charge in [-0.3, -0.25) is 4.79 Å². The van der Waals surface area contributed by atoms with Crippen molar-refractivity contribution in [2.45, 2.75) is 38.6 Å². The molecular formula is C14H19NO3S2. The molecule has 1 atom stereocenters. The Kier molecular flexibility index (Phi) is 4.75. The quantitative estimate of drug-likeness (QED) is 0.877. The van der Waals surface area contributed by atoms with Gasteiger partial charge >= 0.3 is 5.97 Å². The zero-order chi connectivity index (χ0) is 14.8. The zero-order valence-electron chi connectivity index (χ0n) is 11.7. The number of carboxylic acid groups (broad SMARTS) is 1. The Bertz CT molecular complexity index is 518. The van der Waals surface area contributed by atoms with Crippen molar-refractivity contribution >= 4 is 35.0 Å². The molecule has 1 amide bonds. The van der Waals surface area contributed by atoms with E-state index >= 15 is 0 Å². The summed E-state index contributed by atoms with van der Waals surface area (Å²) in [6.45, 7) is 4.11. The second kappa shape index (κ2) is 6.18. The summed E-state index contributed by atoms with van der Waals surface area (Å²) < 4.78 is 0. The number of hydrogen-bond acceptors (Lipinski definition) is 4. The number of rotatable bonds is 5. The van der Waals surface area contributed by atoms with Crippen molar-refractivity contribution in [1.29, 1.82) is 0 Å². The number of thioether (sulfide) groups is 1. The van der Waals surface area contributed by atoms with E-state index in [9.17, 15) is 14.7 Å². The normalized spacial score (nSPS) is 21.9. The van der Waals surface area contributed by atoms with E-state index in [1.54, 1.807) is 11.8 Å². The molecule has 1 aromatic rings. The largest absolute Gasteiger partial charge is 0.479 e. The number of thiophene rings is 1. The Labute approximate surface area is 127 Å². The molecule has 1 aromatic heterocycles. The molecule has 2 heterocycles. The first-order valence-electron chi connectivity index (χ1n) is 6.71. The summed E-state index contributed by atoms with van der Waals surface area (Å²) in [4.78, 5) is 25.5. The molecule has 1 aliphatic heterocycles. The van der Waals surface area contributed by atoms with E-state index in [2.05, 4.69) is 12.2 Å². The Morgan fingerprint density at radius 3 is 2.80 bits per heavy atom. The van der Waals surface area contributed by atoms with Crippen LogP contribution in [0.25, 0.3) is 0 Å². The van der Waals surface area contributed by atoms with Gasteiger partial charge in [-0.2, -0.15) is 11.8 Å². The minimum atomic E-state index is -1.09. The molecule has 0 bridgehead atoms. The number of carbonyl (C=O) groups excluding carboxylic acids is 1. The molecular weight excluding hydrogens is 294 g/mol. The molecule has 0 aromatic carbocycles. The maximum absolute atomic E-state index is 12.3. The topological polar surface area (TPSA) is 66.4 Å². The van der Waals surface area contributed by atoms with Crippen molar-refractivity contribution in [3.8, 4) is 0 Å². The average molecular weight is 313 g/mol. The number of aryl methyl sites for hydroxylation is 2. The number of carbonyl (C=O) groups is 2. The summed E-state index contributed by atoms with van der Waals surface area (Å²) in [6, 6.07) is 1.90. The van der Waals surface area contributed by atoms with E-state index in [1.807, 2.05) is 13.0 Å². The highest BCUT2D eigenvalue weighted by Crippen LogP contribution is 2.30. The highest BCUT2D eigenvalue weighted by molar-refractivity contribution is 7.99. The van der Waals surface area contributed by atoms with Gasteiger partial charge in [-0.05, 0) is 37.1 Å². The summed E-state index contributed by atoms with van der Waals surface area (Å²) in [5, 5.41) is 12.1. The molecule has 1 fully saturated rings. The van der Waals surface area contributed by atoms with Crippen molar-refractivity contribution in [3.63, 3.8) is 0 Å². The van der Waals surface area contributed by atoms with Crippen LogP contribution in [0, 0.1) is 6.92 Å². The number of nitrogens with one attached hydrogen (secondary N) is 1. The lowest BCUT2D eigenvalue weighted by molar-refractivity contribution is -0.143. The highest BCUT2D eigenvalue weighted by Gasteiger charge is 2.43. The van der Waals surface area contributed by atoms with Gasteiger partial charge in [0.25, 0.3) is 5.91 Å². The lowest BCUT2D eigenvalue weighted by atomic mass is 9.99. The Hall–Kier alpha value is -1.01. The smallest absolute Gasteiger partial charge is 0.330 e. The Morgan fingerprint density at radius 1 is 1.50 bits per heavy atom. The number of hydrogen-bond donors (Lipinski definition) is 2. The van der Waals surface area contributed by atoms with Crippen LogP contribution in [-0.2, 0) is 11.2 Å². The van der Waals surface area contributed by atoms with Crippen LogP contribution in [0.15, 0.2) is 6.07 Å². The van der Waals surface area contributed by atoms with Crippen LogP contribution in [0.3, 0.4) is 0 Å². The molecule has 0 saturated carbocycles. The van der Waals surface area contributed by atoms with Crippen LogP contribution >= 0.6 is 23.1 Å². The van der Waals surface area contributed by atoms with E-state index in [4.69, 9.17) is 0 Å². The lowest BCUT2D eigenvalue weighted by Gasteiger charge is -2.24. The molecule has 1 unspecified atom stereocenters. The third kappa shape index (κ3) is 3.01. The molecule has 2 N–H and O–H groups in total. The van der Waals surface area contributed by atoms with Gasteiger partial charge in [0.2, 0.25) is 0 Å². The molecule has 110 valence electrons. The molecule has 0 radical (unpaired) electrons. The van der Waals surface area contributed by atoms with Gasteiger partial charge < -0.3 is 10.4 Å². The lowest BCUT2D eigenvalue weighted by Crippen LogP contribution is -2.54. The second-order valence-corrected chi connectivity index (χ2v) is 7.45. The molecule has 20 heavy (non-hydrogen) atoms. The fourth-order valence-corrected chi connectivity index (χ4v) is 4.61. The molecule has 0 spiro atoms. The van der Waals surface area contributed by atoms with E-state index in [0.29, 0.717) is 17.1 Å². The van der Waals surface area contributed by atoms with Gasteiger partial charge in [-0.1, -0.05) is 13.3 Å². The van der Waals surface area contributed by atoms with Crippen molar-refractivity contribution in [1.82, 2.24) is 5.32 Å². The first-order chi connectivity index (χ1) is 9.48. The predicted octanol–water partition coefficient (Wildman–Crippen LogP) is 2.70. The summed E-state index contributed by atoms with van der Waals surface area (Å²) >= 11 is 3.02. The third-order valence-electron chi connectivity index (χ3n) is 3.55. The van der Waals surface area contributed by atoms with E-state index in [-0.39, 0.29) is 5.91 Å². The molecule has 1 saturated heterocycles. The first kappa shape index (κ1) is 15.4. The zero-order valence-corrected chi connectivity index (χ0v) is 13.3. The summed E-state index contributed by atoms with van der Waals surface area (Å²) in [7, 11) is 0. The second-order valence-electron chi connectivity index (χ2n) is 5.09. The fraction of sp³-hybridized carbons (Fsp3) is 0.571. The fourth-order valence-electron chi connectivity index (χ4n) is 2.31. The van der Waals surface area contributed by atoms with Crippen molar-refractivity contribution in [2.75, 3.05) is 11.5 Å². The van der Waals surface area contributed by atoms with Gasteiger partial charge in [0.05, 0.1) is 4.88 Å². The number of carboxylic acids is 1. The highest BCUT2D eigenvalue weighted by atomic mass is 32.2. The number of amides is 1. The molecule has 2 rings (SSSR count).